The van der Waals surface area contributed by atoms with Crippen molar-refractivity contribution < 1.29 is 4.79 Å². The van der Waals surface area contributed by atoms with Gasteiger partial charge in [0.1, 0.15) is 0 Å². The molecule has 1 amide bonds. The van der Waals surface area contributed by atoms with Gasteiger partial charge in [-0.15, -0.1) is 0 Å². The van der Waals surface area contributed by atoms with Crippen LogP contribution in [0.5, 0.6) is 0 Å². The molecule has 2 heterocycles. The fourth-order valence-electron chi connectivity index (χ4n) is 3.36. The highest BCUT2D eigenvalue weighted by Gasteiger charge is 2.18. The number of carbonyl (C=O) groups is 1. The highest BCUT2D eigenvalue weighted by atomic mass is 35.5. The number of aromatic amines is 1. The van der Waals surface area contributed by atoms with Crippen molar-refractivity contribution in [3.05, 3.63) is 41.0 Å². The van der Waals surface area contributed by atoms with E-state index in [9.17, 15) is 4.79 Å². The second-order valence-electron chi connectivity index (χ2n) is 6.66. The van der Waals surface area contributed by atoms with Gasteiger partial charge in [-0.05, 0) is 44.9 Å². The molecule has 1 saturated heterocycles. The van der Waals surface area contributed by atoms with Gasteiger partial charge in [-0.1, -0.05) is 30.2 Å². The molecule has 1 aliphatic rings. The Morgan fingerprint density at radius 1 is 1.36 bits per heavy atom. The van der Waals surface area contributed by atoms with Crippen molar-refractivity contribution >= 4 is 17.5 Å². The summed E-state index contributed by atoms with van der Waals surface area (Å²) in [4.78, 5) is 15.0. The van der Waals surface area contributed by atoms with Crippen LogP contribution in [0.4, 0.5) is 0 Å². The van der Waals surface area contributed by atoms with Crippen LogP contribution in [-0.2, 0) is 0 Å². The lowest BCUT2D eigenvalue weighted by atomic mass is 10.0. The number of hydrogen-bond acceptors (Lipinski definition) is 3. The van der Waals surface area contributed by atoms with Crippen LogP contribution in [0.25, 0.3) is 11.3 Å². The zero-order chi connectivity index (χ0) is 17.6. The summed E-state index contributed by atoms with van der Waals surface area (Å²) in [5, 5.41) is 10.6. The third-order valence-electron chi connectivity index (χ3n) is 4.87. The van der Waals surface area contributed by atoms with Crippen molar-refractivity contribution in [3.8, 4) is 11.3 Å². The summed E-state index contributed by atoms with van der Waals surface area (Å²) in [6.45, 7) is 5.18. The van der Waals surface area contributed by atoms with Crippen LogP contribution in [0.15, 0.2) is 30.5 Å². The van der Waals surface area contributed by atoms with Crippen LogP contribution < -0.4 is 5.32 Å². The number of halogens is 1. The minimum atomic E-state index is -0.0922. The molecular formula is C19H25ClN4O. The molecule has 0 bridgehead atoms. The van der Waals surface area contributed by atoms with E-state index in [1.54, 1.807) is 18.3 Å². The van der Waals surface area contributed by atoms with Crippen molar-refractivity contribution in [3.63, 3.8) is 0 Å². The van der Waals surface area contributed by atoms with Crippen molar-refractivity contribution in [1.82, 2.24) is 20.4 Å². The Balaban J connectivity index is 1.52. The normalized spacial score (nSPS) is 18.2. The molecule has 0 spiro atoms. The molecule has 1 unspecified atom stereocenters. The van der Waals surface area contributed by atoms with Crippen LogP contribution in [0.3, 0.4) is 0 Å². The first kappa shape index (κ1) is 18.0. The van der Waals surface area contributed by atoms with E-state index in [0.717, 1.165) is 24.2 Å². The SMILES string of the molecule is CC1CCCCN1CCCNC(=O)c1cn[nH]c1-c1ccc(Cl)cc1. The zero-order valence-corrected chi connectivity index (χ0v) is 15.4. The molecule has 1 fully saturated rings. The van der Waals surface area contributed by atoms with Crippen molar-refractivity contribution in [2.24, 2.45) is 0 Å². The fourth-order valence-corrected chi connectivity index (χ4v) is 3.49. The predicted molar refractivity (Wildman–Crippen MR) is 101 cm³/mol. The van der Waals surface area contributed by atoms with Crippen molar-refractivity contribution in [2.75, 3.05) is 19.6 Å². The van der Waals surface area contributed by atoms with E-state index in [4.69, 9.17) is 11.6 Å². The first-order chi connectivity index (χ1) is 12.1. The summed E-state index contributed by atoms with van der Waals surface area (Å²) in [5.74, 6) is -0.0922. The van der Waals surface area contributed by atoms with Crippen LogP contribution in [0.1, 0.15) is 43.0 Å². The molecular weight excluding hydrogens is 336 g/mol. The first-order valence-electron chi connectivity index (χ1n) is 8.96. The van der Waals surface area contributed by atoms with Gasteiger partial charge >= 0.3 is 0 Å². The first-order valence-corrected chi connectivity index (χ1v) is 9.34. The average Bonchev–Trinajstić information content (AvgIpc) is 3.10. The molecule has 1 aromatic carbocycles. The number of aromatic nitrogens is 2. The van der Waals surface area contributed by atoms with Gasteiger partial charge in [0.05, 0.1) is 17.5 Å². The second kappa shape index (κ2) is 8.50. The molecule has 0 aliphatic carbocycles. The fraction of sp³-hybridized carbons (Fsp3) is 0.474. The van der Waals surface area contributed by atoms with E-state index < -0.39 is 0 Å². The number of nitrogens with zero attached hydrogens (tertiary/aromatic N) is 2. The highest BCUT2D eigenvalue weighted by Crippen LogP contribution is 2.23. The van der Waals surface area contributed by atoms with Crippen molar-refractivity contribution in [1.29, 1.82) is 0 Å². The number of H-pyrrole nitrogens is 1. The molecule has 2 aromatic rings. The van der Waals surface area contributed by atoms with Crippen LogP contribution in [-0.4, -0.2) is 46.7 Å². The number of hydrogen-bond donors (Lipinski definition) is 2. The largest absolute Gasteiger partial charge is 0.352 e. The molecule has 1 atom stereocenters. The molecule has 1 aliphatic heterocycles. The Kier molecular flexibility index (Phi) is 6.10. The molecule has 5 nitrogen and oxygen atoms in total. The molecule has 2 N–H and O–H groups in total. The minimum Gasteiger partial charge on any atom is -0.352 e. The van der Waals surface area contributed by atoms with E-state index in [0.29, 0.717) is 23.2 Å². The Bertz CT molecular complexity index is 698. The number of benzene rings is 1. The highest BCUT2D eigenvalue weighted by molar-refractivity contribution is 6.30. The van der Waals surface area contributed by atoms with Gasteiger partial charge in [-0.25, -0.2) is 0 Å². The lowest BCUT2D eigenvalue weighted by Gasteiger charge is -2.33. The van der Waals surface area contributed by atoms with Gasteiger partial charge in [0.2, 0.25) is 0 Å². The van der Waals surface area contributed by atoms with Gasteiger partial charge in [0.15, 0.2) is 0 Å². The van der Waals surface area contributed by atoms with Gasteiger partial charge in [0.25, 0.3) is 5.91 Å². The maximum atomic E-state index is 12.5. The summed E-state index contributed by atoms with van der Waals surface area (Å²) in [6.07, 6.45) is 6.45. The van der Waals surface area contributed by atoms with E-state index in [-0.39, 0.29) is 5.91 Å². The molecule has 0 saturated carbocycles. The maximum absolute atomic E-state index is 12.5. The lowest BCUT2D eigenvalue weighted by molar-refractivity contribution is 0.0949. The Morgan fingerprint density at radius 2 is 2.16 bits per heavy atom. The maximum Gasteiger partial charge on any atom is 0.255 e. The lowest BCUT2D eigenvalue weighted by Crippen LogP contribution is -2.39. The van der Waals surface area contributed by atoms with E-state index in [1.165, 1.54) is 25.8 Å². The molecule has 1 aromatic heterocycles. The predicted octanol–water partition coefficient (Wildman–Crippen LogP) is 3.72. The third kappa shape index (κ3) is 4.61. The number of rotatable bonds is 6. The zero-order valence-electron chi connectivity index (χ0n) is 14.6. The summed E-state index contributed by atoms with van der Waals surface area (Å²) in [6, 6.07) is 8.03. The number of carbonyl (C=O) groups excluding carboxylic acids is 1. The molecule has 6 heteroatoms. The summed E-state index contributed by atoms with van der Waals surface area (Å²) >= 11 is 5.93. The van der Waals surface area contributed by atoms with Crippen molar-refractivity contribution in [2.45, 2.75) is 38.6 Å². The van der Waals surface area contributed by atoms with E-state index >= 15 is 0 Å². The quantitative estimate of drug-likeness (QED) is 0.772. The third-order valence-corrected chi connectivity index (χ3v) is 5.12. The smallest absolute Gasteiger partial charge is 0.255 e. The topological polar surface area (TPSA) is 61.0 Å². The van der Waals surface area contributed by atoms with Crippen LogP contribution >= 0.6 is 11.6 Å². The number of piperidine rings is 1. The number of amides is 1. The van der Waals surface area contributed by atoms with Gasteiger partial charge in [-0.3, -0.25) is 9.89 Å². The molecule has 134 valence electrons. The summed E-state index contributed by atoms with van der Waals surface area (Å²) in [7, 11) is 0. The minimum absolute atomic E-state index is 0.0922. The van der Waals surface area contributed by atoms with Gasteiger partial charge < -0.3 is 10.2 Å². The van der Waals surface area contributed by atoms with Crippen LogP contribution in [0, 0.1) is 0 Å². The standard InChI is InChI=1S/C19H25ClN4O/c1-14-5-2-3-11-24(14)12-4-10-21-19(25)17-13-22-23-18(17)15-6-8-16(20)9-7-15/h6-9,13-14H,2-5,10-12H2,1H3,(H,21,25)(H,22,23). The van der Waals surface area contributed by atoms with E-state index in [2.05, 4.69) is 27.3 Å². The van der Waals surface area contributed by atoms with Gasteiger partial charge in [-0.2, -0.15) is 5.10 Å². The molecule has 25 heavy (non-hydrogen) atoms. The number of nitrogens with one attached hydrogen (secondary N) is 2. The van der Waals surface area contributed by atoms with Gasteiger partial charge in [0, 0.05) is 29.7 Å². The molecule has 3 rings (SSSR count). The van der Waals surface area contributed by atoms with E-state index in [1.807, 2.05) is 12.1 Å². The Hall–Kier alpha value is -1.85. The molecule has 0 radical (unpaired) electrons. The van der Waals surface area contributed by atoms with Crippen LogP contribution in [0.2, 0.25) is 5.02 Å². The monoisotopic (exact) mass is 360 g/mol. The average molecular weight is 361 g/mol. The summed E-state index contributed by atoms with van der Waals surface area (Å²) in [5.41, 5.74) is 2.18. The summed E-state index contributed by atoms with van der Waals surface area (Å²) < 4.78 is 0. The number of likely N-dealkylation sites (tertiary alicyclic amines) is 1. The Morgan fingerprint density at radius 3 is 2.92 bits per heavy atom. The second-order valence-corrected chi connectivity index (χ2v) is 7.09. The Labute approximate surface area is 153 Å².